The molecule has 2 nitrogen and oxygen atoms in total. The third kappa shape index (κ3) is 1.06. The normalized spacial score (nSPS) is 38.4. The van der Waals surface area contributed by atoms with Crippen molar-refractivity contribution < 1.29 is 4.74 Å². The van der Waals surface area contributed by atoms with Gasteiger partial charge in [0.1, 0.15) is 0 Å². The van der Waals surface area contributed by atoms with Gasteiger partial charge in [-0.2, -0.15) is 0 Å². The van der Waals surface area contributed by atoms with Crippen LogP contribution < -0.4 is 5.73 Å². The van der Waals surface area contributed by atoms with E-state index in [9.17, 15) is 0 Å². The molecule has 1 heterocycles. The first-order chi connectivity index (χ1) is 5.64. The first-order valence-electron chi connectivity index (χ1n) is 4.70. The van der Waals surface area contributed by atoms with Crippen LogP contribution in [0.15, 0.2) is 11.8 Å². The molecule has 0 aromatic heterocycles. The number of ether oxygens (including phenoxy) is 1. The van der Waals surface area contributed by atoms with Crippen molar-refractivity contribution in [3.8, 4) is 0 Å². The lowest BCUT2D eigenvalue weighted by molar-refractivity contribution is 0.220. The largest absolute Gasteiger partial charge is 0.501 e. The third-order valence-corrected chi connectivity index (χ3v) is 3.27. The summed E-state index contributed by atoms with van der Waals surface area (Å²) in [5, 5.41) is 0. The fraction of sp³-hybridized carbons (Fsp3) is 0.800. The summed E-state index contributed by atoms with van der Waals surface area (Å²) >= 11 is 0. The van der Waals surface area contributed by atoms with Gasteiger partial charge in [0.05, 0.1) is 12.9 Å². The van der Waals surface area contributed by atoms with Gasteiger partial charge < -0.3 is 10.5 Å². The second-order valence-electron chi connectivity index (χ2n) is 4.49. The lowest BCUT2D eigenvalue weighted by Crippen LogP contribution is -2.08. The Labute approximate surface area is 73.8 Å². The third-order valence-electron chi connectivity index (χ3n) is 3.27. The predicted octanol–water partition coefficient (Wildman–Crippen LogP) is 1.66. The van der Waals surface area contributed by atoms with Gasteiger partial charge in [-0.3, -0.25) is 0 Å². The number of hydrogen-bond donors (Lipinski definition) is 1. The van der Waals surface area contributed by atoms with Crippen LogP contribution in [0.25, 0.3) is 0 Å². The molecule has 0 amide bonds. The topological polar surface area (TPSA) is 35.2 Å². The zero-order chi connectivity index (χ0) is 8.77. The highest BCUT2D eigenvalue weighted by molar-refractivity contribution is 5.26. The van der Waals surface area contributed by atoms with Crippen molar-refractivity contribution in [1.29, 1.82) is 0 Å². The molecule has 0 bridgehead atoms. The van der Waals surface area contributed by atoms with E-state index in [1.807, 2.05) is 6.26 Å². The summed E-state index contributed by atoms with van der Waals surface area (Å²) in [6, 6.07) is 0.352. The van der Waals surface area contributed by atoms with Crippen LogP contribution in [0.3, 0.4) is 0 Å². The fourth-order valence-corrected chi connectivity index (χ4v) is 2.20. The van der Waals surface area contributed by atoms with Crippen molar-refractivity contribution in [3.63, 3.8) is 0 Å². The van der Waals surface area contributed by atoms with Gasteiger partial charge in [0.15, 0.2) is 0 Å². The van der Waals surface area contributed by atoms with E-state index in [2.05, 4.69) is 13.8 Å². The van der Waals surface area contributed by atoms with Crippen LogP contribution in [0.2, 0.25) is 0 Å². The van der Waals surface area contributed by atoms with E-state index >= 15 is 0 Å². The van der Waals surface area contributed by atoms with Crippen LogP contribution in [-0.4, -0.2) is 12.6 Å². The Kier molecular flexibility index (Phi) is 1.69. The van der Waals surface area contributed by atoms with Gasteiger partial charge in [-0.1, -0.05) is 13.8 Å². The predicted molar refractivity (Wildman–Crippen MR) is 48.5 cm³/mol. The number of nitrogens with two attached hydrogens (primary N) is 1. The smallest absolute Gasteiger partial charge is 0.0876 e. The minimum atomic E-state index is 0.312. The van der Waals surface area contributed by atoms with Crippen LogP contribution in [0.5, 0.6) is 0 Å². The lowest BCUT2D eigenvalue weighted by atomic mass is 10.00. The van der Waals surface area contributed by atoms with Gasteiger partial charge in [-0.15, -0.1) is 0 Å². The lowest BCUT2D eigenvalue weighted by Gasteiger charge is -2.14. The van der Waals surface area contributed by atoms with Crippen molar-refractivity contribution in [2.75, 3.05) is 6.61 Å². The second-order valence-corrected chi connectivity index (χ2v) is 4.49. The molecule has 1 fully saturated rings. The molecule has 68 valence electrons. The summed E-state index contributed by atoms with van der Waals surface area (Å²) in [6.45, 7) is 5.35. The van der Waals surface area contributed by atoms with Gasteiger partial charge in [0.2, 0.25) is 0 Å². The molecule has 2 rings (SSSR count). The summed E-state index contributed by atoms with van der Waals surface area (Å²) in [7, 11) is 0. The van der Waals surface area contributed by atoms with Crippen LogP contribution in [0.1, 0.15) is 26.7 Å². The monoisotopic (exact) mass is 167 g/mol. The summed E-state index contributed by atoms with van der Waals surface area (Å²) in [4.78, 5) is 0. The number of hydrogen-bond acceptors (Lipinski definition) is 2. The molecule has 0 radical (unpaired) electrons. The molecule has 0 saturated heterocycles. The van der Waals surface area contributed by atoms with E-state index in [4.69, 9.17) is 10.5 Å². The Morgan fingerprint density at radius 1 is 1.58 bits per heavy atom. The molecule has 2 aliphatic rings. The molecule has 0 aromatic rings. The van der Waals surface area contributed by atoms with Gasteiger partial charge in [0, 0.05) is 12.0 Å². The van der Waals surface area contributed by atoms with E-state index in [1.165, 1.54) is 12.0 Å². The molecular weight excluding hydrogens is 150 g/mol. The summed E-state index contributed by atoms with van der Waals surface area (Å²) in [5.41, 5.74) is 7.72. The van der Waals surface area contributed by atoms with Crippen LogP contribution in [-0.2, 0) is 4.74 Å². The molecule has 1 saturated carbocycles. The zero-order valence-corrected chi connectivity index (χ0v) is 7.84. The molecule has 2 atom stereocenters. The zero-order valence-electron chi connectivity index (χ0n) is 7.84. The highest BCUT2D eigenvalue weighted by atomic mass is 16.5. The molecule has 12 heavy (non-hydrogen) atoms. The Morgan fingerprint density at radius 2 is 2.25 bits per heavy atom. The standard InChI is InChI=1S/C10H17NO/c1-10(2)8(9(10)11)7-4-3-5-12-6-7/h6,8-9H,3-5,11H2,1-2H3/t8-,9-/m0/s1. The Morgan fingerprint density at radius 3 is 2.67 bits per heavy atom. The highest BCUT2D eigenvalue weighted by Crippen LogP contribution is 2.55. The van der Waals surface area contributed by atoms with Crippen LogP contribution in [0, 0.1) is 11.3 Å². The maximum absolute atomic E-state index is 5.98. The maximum atomic E-state index is 5.98. The number of rotatable bonds is 1. The highest BCUT2D eigenvalue weighted by Gasteiger charge is 2.57. The van der Waals surface area contributed by atoms with Crippen molar-refractivity contribution >= 4 is 0 Å². The van der Waals surface area contributed by atoms with Crippen molar-refractivity contribution in [2.45, 2.75) is 32.7 Å². The van der Waals surface area contributed by atoms with E-state index in [0.717, 1.165) is 13.0 Å². The fourth-order valence-electron chi connectivity index (χ4n) is 2.20. The van der Waals surface area contributed by atoms with Gasteiger partial charge in [-0.25, -0.2) is 0 Å². The first kappa shape index (κ1) is 8.11. The second kappa shape index (κ2) is 2.49. The molecule has 0 spiro atoms. The van der Waals surface area contributed by atoms with Crippen molar-refractivity contribution in [2.24, 2.45) is 17.1 Å². The quantitative estimate of drug-likeness (QED) is 0.644. The minimum Gasteiger partial charge on any atom is -0.501 e. The van der Waals surface area contributed by atoms with E-state index in [0.29, 0.717) is 17.4 Å². The summed E-state index contributed by atoms with van der Waals surface area (Å²) in [5.74, 6) is 0.581. The van der Waals surface area contributed by atoms with E-state index in [-0.39, 0.29) is 0 Å². The molecule has 0 aromatic carbocycles. The molecule has 2 heteroatoms. The molecular formula is C10H17NO. The Bertz CT molecular complexity index is 220. The van der Waals surface area contributed by atoms with Crippen molar-refractivity contribution in [3.05, 3.63) is 11.8 Å². The summed E-state index contributed by atoms with van der Waals surface area (Å²) < 4.78 is 5.31. The van der Waals surface area contributed by atoms with Crippen LogP contribution >= 0.6 is 0 Å². The SMILES string of the molecule is CC1(C)[C@@H](N)[C@@H]1C1=COCCC1. The Balaban J connectivity index is 2.07. The van der Waals surface area contributed by atoms with Crippen molar-refractivity contribution in [1.82, 2.24) is 0 Å². The molecule has 1 aliphatic carbocycles. The first-order valence-corrected chi connectivity index (χ1v) is 4.70. The molecule has 0 unspecified atom stereocenters. The Hall–Kier alpha value is -0.500. The summed E-state index contributed by atoms with van der Waals surface area (Å²) in [6.07, 6.45) is 4.27. The van der Waals surface area contributed by atoms with E-state index in [1.54, 1.807) is 0 Å². The van der Waals surface area contributed by atoms with Gasteiger partial charge in [-0.05, 0) is 23.8 Å². The van der Waals surface area contributed by atoms with E-state index < -0.39 is 0 Å². The minimum absolute atomic E-state index is 0.312. The van der Waals surface area contributed by atoms with Gasteiger partial charge in [0.25, 0.3) is 0 Å². The molecule has 2 N–H and O–H groups in total. The molecule has 1 aliphatic heterocycles. The van der Waals surface area contributed by atoms with Crippen LogP contribution in [0.4, 0.5) is 0 Å². The average molecular weight is 167 g/mol. The average Bonchev–Trinajstić information content (AvgIpc) is 2.53. The van der Waals surface area contributed by atoms with Gasteiger partial charge >= 0.3 is 0 Å². The maximum Gasteiger partial charge on any atom is 0.0876 e.